The SMILES string of the molecule is C[C@H](NCc1cn(Cc2ccccc2)nc1-c1cccnc1)c1ncn[nH]1. The summed E-state index contributed by atoms with van der Waals surface area (Å²) in [6.07, 6.45) is 7.23. The van der Waals surface area contributed by atoms with Crippen molar-refractivity contribution in [3.63, 3.8) is 0 Å². The van der Waals surface area contributed by atoms with Crippen LogP contribution in [0.5, 0.6) is 0 Å². The number of hydrogen-bond donors (Lipinski definition) is 2. The van der Waals surface area contributed by atoms with Crippen molar-refractivity contribution in [2.45, 2.75) is 26.1 Å². The molecule has 27 heavy (non-hydrogen) atoms. The summed E-state index contributed by atoms with van der Waals surface area (Å²) in [6, 6.07) is 14.3. The molecule has 4 rings (SSSR count). The molecule has 3 heterocycles. The van der Waals surface area contributed by atoms with Crippen molar-refractivity contribution in [3.05, 3.63) is 84.3 Å². The van der Waals surface area contributed by atoms with E-state index in [1.165, 1.54) is 11.9 Å². The summed E-state index contributed by atoms with van der Waals surface area (Å²) < 4.78 is 1.98. The zero-order valence-corrected chi connectivity index (χ0v) is 15.1. The van der Waals surface area contributed by atoms with E-state index in [4.69, 9.17) is 5.10 Å². The smallest absolute Gasteiger partial charge is 0.141 e. The van der Waals surface area contributed by atoms with Crippen molar-refractivity contribution in [3.8, 4) is 11.3 Å². The summed E-state index contributed by atoms with van der Waals surface area (Å²) in [6.45, 7) is 3.45. The second-order valence-electron chi connectivity index (χ2n) is 6.40. The molecule has 1 aromatic carbocycles. The van der Waals surface area contributed by atoms with Gasteiger partial charge in [-0.25, -0.2) is 4.98 Å². The Hall–Kier alpha value is -3.32. The van der Waals surface area contributed by atoms with Crippen LogP contribution in [0.3, 0.4) is 0 Å². The molecule has 0 saturated heterocycles. The molecule has 0 aliphatic heterocycles. The van der Waals surface area contributed by atoms with Gasteiger partial charge >= 0.3 is 0 Å². The van der Waals surface area contributed by atoms with Gasteiger partial charge in [0.2, 0.25) is 0 Å². The minimum atomic E-state index is 0.0618. The number of pyridine rings is 1. The summed E-state index contributed by atoms with van der Waals surface area (Å²) in [5.74, 6) is 0.814. The van der Waals surface area contributed by atoms with Crippen molar-refractivity contribution in [1.29, 1.82) is 0 Å². The van der Waals surface area contributed by atoms with Gasteiger partial charge in [0, 0.05) is 36.3 Å². The van der Waals surface area contributed by atoms with Gasteiger partial charge in [0.15, 0.2) is 0 Å². The van der Waals surface area contributed by atoms with Crippen LogP contribution in [0, 0.1) is 0 Å². The van der Waals surface area contributed by atoms with Crippen molar-refractivity contribution in [2.24, 2.45) is 0 Å². The van der Waals surface area contributed by atoms with E-state index in [0.717, 1.165) is 29.2 Å². The third-order valence-corrected chi connectivity index (χ3v) is 4.40. The molecule has 7 heteroatoms. The lowest BCUT2D eigenvalue weighted by Gasteiger charge is -2.10. The van der Waals surface area contributed by atoms with Gasteiger partial charge in [-0.05, 0) is 24.6 Å². The molecule has 0 radical (unpaired) electrons. The number of H-pyrrole nitrogens is 1. The number of rotatable bonds is 7. The first kappa shape index (κ1) is 17.1. The van der Waals surface area contributed by atoms with Gasteiger partial charge in [0.25, 0.3) is 0 Å². The summed E-state index contributed by atoms with van der Waals surface area (Å²) in [4.78, 5) is 8.45. The van der Waals surface area contributed by atoms with Crippen LogP contribution in [0.25, 0.3) is 11.3 Å². The average Bonchev–Trinajstić information content (AvgIpc) is 3.38. The number of aromatic nitrogens is 6. The second-order valence-corrected chi connectivity index (χ2v) is 6.40. The Bertz CT molecular complexity index is 962. The lowest BCUT2D eigenvalue weighted by molar-refractivity contribution is 0.548. The Morgan fingerprint density at radius 3 is 2.78 bits per heavy atom. The maximum absolute atomic E-state index is 4.82. The predicted molar refractivity (Wildman–Crippen MR) is 103 cm³/mol. The molecule has 3 aromatic heterocycles. The first-order valence-electron chi connectivity index (χ1n) is 8.89. The van der Waals surface area contributed by atoms with Gasteiger partial charge in [0.05, 0.1) is 18.3 Å². The molecule has 136 valence electrons. The zero-order chi connectivity index (χ0) is 18.5. The van der Waals surface area contributed by atoms with Crippen molar-refractivity contribution in [2.75, 3.05) is 0 Å². The molecular weight excluding hydrogens is 338 g/mol. The molecule has 2 N–H and O–H groups in total. The fraction of sp³-hybridized carbons (Fsp3) is 0.200. The van der Waals surface area contributed by atoms with Crippen LogP contribution in [-0.4, -0.2) is 29.9 Å². The molecule has 0 aliphatic carbocycles. The van der Waals surface area contributed by atoms with Gasteiger partial charge in [-0.15, -0.1) is 0 Å². The second kappa shape index (κ2) is 7.92. The first-order valence-corrected chi connectivity index (χ1v) is 8.89. The fourth-order valence-electron chi connectivity index (χ4n) is 2.97. The Balaban J connectivity index is 1.58. The molecule has 0 aliphatic rings. The Morgan fingerprint density at radius 2 is 2.04 bits per heavy atom. The van der Waals surface area contributed by atoms with E-state index in [0.29, 0.717) is 6.54 Å². The zero-order valence-electron chi connectivity index (χ0n) is 15.1. The maximum Gasteiger partial charge on any atom is 0.141 e. The van der Waals surface area contributed by atoms with E-state index in [-0.39, 0.29) is 6.04 Å². The Kier molecular flexibility index (Phi) is 5.02. The summed E-state index contributed by atoms with van der Waals surface area (Å²) in [7, 11) is 0. The average molecular weight is 359 g/mol. The highest BCUT2D eigenvalue weighted by Gasteiger charge is 2.14. The third kappa shape index (κ3) is 4.09. The topological polar surface area (TPSA) is 84.3 Å². The molecule has 0 saturated carbocycles. The third-order valence-electron chi connectivity index (χ3n) is 4.40. The molecule has 0 spiro atoms. The van der Waals surface area contributed by atoms with Gasteiger partial charge < -0.3 is 5.32 Å². The molecule has 0 unspecified atom stereocenters. The van der Waals surface area contributed by atoms with Crippen LogP contribution in [-0.2, 0) is 13.1 Å². The number of nitrogens with one attached hydrogen (secondary N) is 2. The number of nitrogens with zero attached hydrogens (tertiary/aromatic N) is 5. The molecular formula is C20H21N7. The highest BCUT2D eigenvalue weighted by atomic mass is 15.3. The maximum atomic E-state index is 4.82. The molecule has 0 bridgehead atoms. The van der Waals surface area contributed by atoms with Crippen LogP contribution < -0.4 is 5.32 Å². The van der Waals surface area contributed by atoms with Crippen LogP contribution in [0.2, 0.25) is 0 Å². The van der Waals surface area contributed by atoms with Crippen LogP contribution in [0.15, 0.2) is 67.4 Å². The van der Waals surface area contributed by atoms with Crippen molar-refractivity contribution >= 4 is 0 Å². The molecule has 0 fully saturated rings. The highest BCUT2D eigenvalue weighted by molar-refractivity contribution is 5.61. The van der Waals surface area contributed by atoms with Crippen LogP contribution in [0.4, 0.5) is 0 Å². The summed E-state index contributed by atoms with van der Waals surface area (Å²) >= 11 is 0. The largest absolute Gasteiger partial charge is 0.303 e. The van der Waals surface area contributed by atoms with Gasteiger partial charge in [-0.2, -0.15) is 10.2 Å². The van der Waals surface area contributed by atoms with E-state index in [9.17, 15) is 0 Å². The van der Waals surface area contributed by atoms with E-state index >= 15 is 0 Å². The van der Waals surface area contributed by atoms with Gasteiger partial charge in [0.1, 0.15) is 12.2 Å². The molecule has 7 nitrogen and oxygen atoms in total. The number of aromatic amines is 1. The molecule has 4 aromatic rings. The van der Waals surface area contributed by atoms with E-state index in [2.05, 4.69) is 50.7 Å². The fourth-order valence-corrected chi connectivity index (χ4v) is 2.97. The summed E-state index contributed by atoms with van der Waals surface area (Å²) in [5, 5.41) is 15.1. The normalized spacial score (nSPS) is 12.2. The quantitative estimate of drug-likeness (QED) is 0.530. The van der Waals surface area contributed by atoms with Crippen molar-refractivity contribution in [1.82, 2.24) is 35.3 Å². The lowest BCUT2D eigenvalue weighted by atomic mass is 10.1. The number of benzene rings is 1. The van der Waals surface area contributed by atoms with Gasteiger partial charge in [-0.3, -0.25) is 14.8 Å². The Morgan fingerprint density at radius 1 is 1.15 bits per heavy atom. The van der Waals surface area contributed by atoms with E-state index in [1.807, 2.05) is 41.2 Å². The monoisotopic (exact) mass is 359 g/mol. The summed E-state index contributed by atoms with van der Waals surface area (Å²) in [5.41, 5.74) is 4.28. The minimum absolute atomic E-state index is 0.0618. The van der Waals surface area contributed by atoms with Crippen LogP contribution in [0.1, 0.15) is 29.9 Å². The molecule has 0 amide bonds. The Labute approximate surface area is 157 Å². The minimum Gasteiger partial charge on any atom is -0.303 e. The lowest BCUT2D eigenvalue weighted by Crippen LogP contribution is -2.19. The van der Waals surface area contributed by atoms with Crippen molar-refractivity contribution < 1.29 is 0 Å². The highest BCUT2D eigenvalue weighted by Crippen LogP contribution is 2.22. The predicted octanol–water partition coefficient (Wildman–Crippen LogP) is 2.96. The number of hydrogen-bond acceptors (Lipinski definition) is 5. The first-order chi connectivity index (χ1) is 13.3. The van der Waals surface area contributed by atoms with Crippen LogP contribution >= 0.6 is 0 Å². The van der Waals surface area contributed by atoms with E-state index in [1.54, 1.807) is 6.20 Å². The molecule has 1 atom stereocenters. The van der Waals surface area contributed by atoms with Gasteiger partial charge in [-0.1, -0.05) is 30.3 Å². The van der Waals surface area contributed by atoms with E-state index < -0.39 is 0 Å². The standard InChI is InChI=1S/C20H21N7/c1-15(20-23-14-24-25-20)22-11-18-13-27(12-16-6-3-2-4-7-16)26-19(18)17-8-5-9-21-10-17/h2-10,13-15,22H,11-12H2,1H3,(H,23,24,25)/t15-/m0/s1.